The van der Waals surface area contributed by atoms with E-state index in [9.17, 15) is 14.9 Å². The SMILES string of the molecule is CCN(CC)C(=O)CCNC(=NC)C(C#N)C(=O)Nc1cc(C)nn1-c1ccc(C)cc1. The molecule has 0 bridgehead atoms. The number of aryl methyl sites for hydroxylation is 2. The number of aromatic nitrogens is 2. The fourth-order valence-electron chi connectivity index (χ4n) is 3.26. The number of hydrogen-bond donors (Lipinski definition) is 2. The number of nitrogens with zero attached hydrogens (tertiary/aromatic N) is 5. The van der Waals surface area contributed by atoms with Gasteiger partial charge in [-0.05, 0) is 39.8 Å². The summed E-state index contributed by atoms with van der Waals surface area (Å²) in [6.45, 7) is 9.23. The highest BCUT2D eigenvalue weighted by molar-refractivity contribution is 6.10. The monoisotopic (exact) mass is 437 g/mol. The predicted octanol–water partition coefficient (Wildman–Crippen LogP) is 2.44. The van der Waals surface area contributed by atoms with Crippen molar-refractivity contribution in [1.29, 1.82) is 5.26 Å². The van der Waals surface area contributed by atoms with Gasteiger partial charge in [0.25, 0.3) is 5.91 Å². The second kappa shape index (κ2) is 11.6. The molecular weight excluding hydrogens is 406 g/mol. The van der Waals surface area contributed by atoms with Gasteiger partial charge >= 0.3 is 0 Å². The van der Waals surface area contributed by atoms with Crippen molar-refractivity contribution in [3.63, 3.8) is 0 Å². The second-order valence-corrected chi connectivity index (χ2v) is 7.32. The molecule has 9 nitrogen and oxygen atoms in total. The number of hydrogen-bond acceptors (Lipinski definition) is 5. The molecule has 0 radical (unpaired) electrons. The minimum absolute atomic E-state index is 0.00777. The molecule has 0 fully saturated rings. The van der Waals surface area contributed by atoms with E-state index in [2.05, 4.69) is 20.7 Å². The normalized spacial score (nSPS) is 12.1. The summed E-state index contributed by atoms with van der Waals surface area (Å²) in [6, 6.07) is 11.5. The van der Waals surface area contributed by atoms with E-state index in [1.807, 2.05) is 58.0 Å². The zero-order chi connectivity index (χ0) is 23.7. The first-order valence-corrected chi connectivity index (χ1v) is 10.7. The van der Waals surface area contributed by atoms with Crippen LogP contribution in [-0.2, 0) is 9.59 Å². The molecule has 1 aromatic heterocycles. The summed E-state index contributed by atoms with van der Waals surface area (Å²) in [5, 5.41) is 19.9. The first-order valence-electron chi connectivity index (χ1n) is 10.7. The van der Waals surface area contributed by atoms with Crippen LogP contribution >= 0.6 is 0 Å². The van der Waals surface area contributed by atoms with Gasteiger partial charge in [-0.25, -0.2) is 4.68 Å². The van der Waals surface area contributed by atoms with E-state index in [0.29, 0.717) is 18.9 Å². The third-order valence-corrected chi connectivity index (χ3v) is 5.03. The van der Waals surface area contributed by atoms with E-state index in [-0.39, 0.29) is 24.7 Å². The Morgan fingerprint density at radius 2 is 1.88 bits per heavy atom. The van der Waals surface area contributed by atoms with Crippen molar-refractivity contribution in [3.05, 3.63) is 41.6 Å². The van der Waals surface area contributed by atoms with Crippen LogP contribution in [0.1, 0.15) is 31.5 Å². The molecule has 170 valence electrons. The van der Waals surface area contributed by atoms with Crippen molar-refractivity contribution < 1.29 is 9.59 Å². The largest absolute Gasteiger partial charge is 0.372 e. The van der Waals surface area contributed by atoms with Crippen LogP contribution in [-0.4, -0.2) is 59.0 Å². The Hall–Kier alpha value is -3.67. The third-order valence-electron chi connectivity index (χ3n) is 5.03. The lowest BCUT2D eigenvalue weighted by atomic mass is 10.1. The van der Waals surface area contributed by atoms with Gasteiger partial charge < -0.3 is 15.5 Å². The standard InChI is InChI=1S/C23H31N7O2/c1-6-29(7-2)21(31)12-13-26-22(25-5)19(15-24)23(32)27-20-14-17(4)28-30(20)18-10-8-16(3)9-11-18/h8-11,14,19H,6-7,12-13H2,1-5H3,(H,25,26)(H,27,32). The average Bonchev–Trinajstić information content (AvgIpc) is 3.14. The molecule has 0 aliphatic rings. The molecule has 2 amide bonds. The Kier molecular flexibility index (Phi) is 8.95. The van der Waals surface area contributed by atoms with Gasteiger partial charge in [-0.1, -0.05) is 17.7 Å². The Bertz CT molecular complexity index is 998. The van der Waals surface area contributed by atoms with E-state index in [0.717, 1.165) is 16.9 Å². The van der Waals surface area contributed by atoms with E-state index in [1.165, 1.54) is 7.05 Å². The van der Waals surface area contributed by atoms with Gasteiger partial charge in [0.05, 0.1) is 17.5 Å². The van der Waals surface area contributed by atoms with Crippen molar-refractivity contribution >= 4 is 23.5 Å². The highest BCUT2D eigenvalue weighted by Gasteiger charge is 2.25. The second-order valence-electron chi connectivity index (χ2n) is 7.32. The van der Waals surface area contributed by atoms with E-state index in [4.69, 9.17) is 0 Å². The van der Waals surface area contributed by atoms with Crippen LogP contribution in [0.3, 0.4) is 0 Å². The fraction of sp³-hybridized carbons (Fsp3) is 0.435. The molecule has 32 heavy (non-hydrogen) atoms. The number of carbonyl (C=O) groups excluding carboxylic acids is 2. The van der Waals surface area contributed by atoms with Crippen molar-refractivity contribution in [2.75, 3.05) is 32.0 Å². The van der Waals surface area contributed by atoms with E-state index >= 15 is 0 Å². The van der Waals surface area contributed by atoms with E-state index in [1.54, 1.807) is 15.6 Å². The summed E-state index contributed by atoms with van der Waals surface area (Å²) in [5.74, 6) is -0.984. The maximum atomic E-state index is 12.9. The summed E-state index contributed by atoms with van der Waals surface area (Å²) in [4.78, 5) is 30.9. The molecule has 0 aliphatic carbocycles. The quantitative estimate of drug-likeness (QED) is 0.462. The van der Waals surface area contributed by atoms with Crippen LogP contribution in [0.25, 0.3) is 5.69 Å². The minimum Gasteiger partial charge on any atom is -0.372 e. The van der Waals surface area contributed by atoms with Crippen molar-refractivity contribution in [3.8, 4) is 11.8 Å². The summed E-state index contributed by atoms with van der Waals surface area (Å²) in [7, 11) is 1.51. The molecule has 9 heteroatoms. The number of amides is 2. The smallest absolute Gasteiger partial charge is 0.250 e. The Morgan fingerprint density at radius 3 is 2.44 bits per heavy atom. The first kappa shape index (κ1) is 24.6. The van der Waals surface area contributed by atoms with Gasteiger partial charge in [-0.15, -0.1) is 0 Å². The first-order chi connectivity index (χ1) is 15.3. The van der Waals surface area contributed by atoms with Crippen molar-refractivity contribution in [1.82, 2.24) is 20.0 Å². The number of carbonyl (C=O) groups is 2. The Balaban J connectivity index is 2.10. The Morgan fingerprint density at radius 1 is 1.22 bits per heavy atom. The maximum absolute atomic E-state index is 12.9. The molecule has 2 rings (SSSR count). The molecule has 0 aliphatic heterocycles. The van der Waals surface area contributed by atoms with Gasteiger partial charge in [0.2, 0.25) is 5.91 Å². The summed E-state index contributed by atoms with van der Waals surface area (Å²) in [5.41, 5.74) is 2.64. The molecule has 0 saturated carbocycles. The number of nitrogens with one attached hydrogen (secondary N) is 2. The van der Waals surface area contributed by atoms with Crippen molar-refractivity contribution in [2.45, 2.75) is 34.1 Å². The summed E-state index contributed by atoms with van der Waals surface area (Å²) >= 11 is 0. The number of benzene rings is 1. The lowest BCUT2D eigenvalue weighted by Gasteiger charge is -2.19. The van der Waals surface area contributed by atoms with Crippen LogP contribution in [0, 0.1) is 31.1 Å². The zero-order valence-corrected chi connectivity index (χ0v) is 19.3. The molecule has 1 heterocycles. The predicted molar refractivity (Wildman–Crippen MR) is 125 cm³/mol. The zero-order valence-electron chi connectivity index (χ0n) is 19.3. The van der Waals surface area contributed by atoms with Crippen LogP contribution in [0.15, 0.2) is 35.3 Å². The molecule has 0 saturated heterocycles. The molecule has 0 spiro atoms. The van der Waals surface area contributed by atoms with E-state index < -0.39 is 11.8 Å². The van der Waals surface area contributed by atoms with Gasteiger partial charge in [0.15, 0.2) is 5.92 Å². The van der Waals surface area contributed by atoms with Crippen LogP contribution in [0.5, 0.6) is 0 Å². The molecule has 2 N–H and O–H groups in total. The van der Waals surface area contributed by atoms with Gasteiger partial charge in [-0.3, -0.25) is 14.6 Å². The van der Waals surface area contributed by atoms with Crippen LogP contribution in [0.2, 0.25) is 0 Å². The number of anilines is 1. The minimum atomic E-state index is -1.15. The van der Waals surface area contributed by atoms with Gasteiger partial charge in [-0.2, -0.15) is 10.4 Å². The highest BCUT2D eigenvalue weighted by Crippen LogP contribution is 2.18. The molecule has 1 aromatic carbocycles. The number of rotatable bonds is 9. The lowest BCUT2D eigenvalue weighted by Crippen LogP contribution is -2.40. The average molecular weight is 438 g/mol. The topological polar surface area (TPSA) is 115 Å². The Labute approximate surface area is 189 Å². The molecule has 2 aromatic rings. The maximum Gasteiger partial charge on any atom is 0.250 e. The third kappa shape index (κ3) is 6.17. The summed E-state index contributed by atoms with van der Waals surface area (Å²) < 4.78 is 1.63. The van der Waals surface area contributed by atoms with Gasteiger partial charge in [0.1, 0.15) is 11.7 Å². The van der Waals surface area contributed by atoms with Crippen LogP contribution < -0.4 is 10.6 Å². The number of amidine groups is 1. The fourth-order valence-corrected chi connectivity index (χ4v) is 3.26. The molecular formula is C23H31N7O2. The molecule has 1 atom stereocenters. The summed E-state index contributed by atoms with van der Waals surface area (Å²) in [6.07, 6.45) is 0.250. The van der Waals surface area contributed by atoms with Gasteiger partial charge in [0, 0.05) is 39.2 Å². The highest BCUT2D eigenvalue weighted by atomic mass is 16.2. The number of nitriles is 1. The number of aliphatic imine (C=N–C) groups is 1. The molecule has 1 unspecified atom stereocenters. The van der Waals surface area contributed by atoms with Crippen molar-refractivity contribution in [2.24, 2.45) is 10.9 Å². The van der Waals surface area contributed by atoms with Crippen LogP contribution in [0.4, 0.5) is 5.82 Å². The lowest BCUT2D eigenvalue weighted by molar-refractivity contribution is -0.130.